The zero-order valence-corrected chi connectivity index (χ0v) is 15.5. The summed E-state index contributed by atoms with van der Waals surface area (Å²) in [6, 6.07) is 6.37. The second-order valence-electron chi connectivity index (χ2n) is 6.41. The fourth-order valence-electron chi connectivity index (χ4n) is 2.49. The second kappa shape index (κ2) is 9.86. The van der Waals surface area contributed by atoms with Gasteiger partial charge < -0.3 is 0 Å². The third kappa shape index (κ3) is 6.46. The van der Waals surface area contributed by atoms with E-state index >= 15 is 0 Å². The highest BCUT2D eigenvalue weighted by Gasteiger charge is 2.19. The first-order valence-corrected chi connectivity index (χ1v) is 10.3. The van der Waals surface area contributed by atoms with Crippen molar-refractivity contribution >= 4 is 15.6 Å². The van der Waals surface area contributed by atoms with Gasteiger partial charge in [0.25, 0.3) is 0 Å². The Morgan fingerprint density at radius 2 is 1.43 bits per heavy atom. The number of Topliss-reactive ketones (excluding diaryl/α,β-unsaturated/α-hetero) is 1. The SMILES string of the molecule is CCCCCCCCCC(=O)c1ccc(S(=O)(=O)C(C)C)cc1. The summed E-state index contributed by atoms with van der Waals surface area (Å²) in [7, 11) is -3.26. The van der Waals surface area contributed by atoms with Gasteiger partial charge in [-0.2, -0.15) is 0 Å². The summed E-state index contributed by atoms with van der Waals surface area (Å²) in [6.45, 7) is 5.53. The van der Waals surface area contributed by atoms with Gasteiger partial charge in [-0.1, -0.05) is 57.6 Å². The van der Waals surface area contributed by atoms with Gasteiger partial charge >= 0.3 is 0 Å². The summed E-state index contributed by atoms with van der Waals surface area (Å²) in [5, 5.41) is -0.447. The Kier molecular flexibility index (Phi) is 8.53. The Morgan fingerprint density at radius 1 is 0.913 bits per heavy atom. The highest BCUT2D eigenvalue weighted by molar-refractivity contribution is 7.92. The van der Waals surface area contributed by atoms with Crippen LogP contribution >= 0.6 is 0 Å². The lowest BCUT2D eigenvalue weighted by Gasteiger charge is -2.08. The zero-order chi connectivity index (χ0) is 17.3. The molecule has 1 rings (SSSR count). The Hall–Kier alpha value is -1.16. The number of hydrogen-bond donors (Lipinski definition) is 0. The van der Waals surface area contributed by atoms with E-state index in [-0.39, 0.29) is 5.78 Å². The minimum absolute atomic E-state index is 0.104. The minimum Gasteiger partial charge on any atom is -0.294 e. The van der Waals surface area contributed by atoms with Crippen LogP contribution in [0.2, 0.25) is 0 Å². The number of sulfone groups is 1. The van der Waals surface area contributed by atoms with Crippen LogP contribution in [-0.4, -0.2) is 19.5 Å². The van der Waals surface area contributed by atoms with E-state index in [1.165, 1.54) is 32.1 Å². The van der Waals surface area contributed by atoms with E-state index in [4.69, 9.17) is 0 Å². The number of rotatable bonds is 11. The largest absolute Gasteiger partial charge is 0.294 e. The van der Waals surface area contributed by atoms with Crippen LogP contribution in [0.4, 0.5) is 0 Å². The molecule has 0 aliphatic carbocycles. The van der Waals surface area contributed by atoms with Crippen molar-refractivity contribution in [2.75, 3.05) is 0 Å². The molecule has 0 saturated heterocycles. The van der Waals surface area contributed by atoms with Crippen LogP contribution in [0.25, 0.3) is 0 Å². The molecular formula is C19H30O3S. The topological polar surface area (TPSA) is 51.2 Å². The second-order valence-corrected chi connectivity index (χ2v) is 8.92. The Labute approximate surface area is 141 Å². The molecule has 0 aliphatic heterocycles. The van der Waals surface area contributed by atoms with Crippen LogP contribution in [0, 0.1) is 0 Å². The van der Waals surface area contributed by atoms with E-state index in [2.05, 4.69) is 6.92 Å². The van der Waals surface area contributed by atoms with Gasteiger partial charge in [-0.05, 0) is 32.4 Å². The lowest BCUT2D eigenvalue weighted by atomic mass is 10.0. The van der Waals surface area contributed by atoms with E-state index in [1.54, 1.807) is 38.1 Å². The van der Waals surface area contributed by atoms with Crippen LogP contribution in [0.15, 0.2) is 29.2 Å². The summed E-state index contributed by atoms with van der Waals surface area (Å²) >= 11 is 0. The first-order chi connectivity index (χ1) is 10.9. The quantitative estimate of drug-likeness (QED) is 0.412. The average Bonchev–Trinajstić information content (AvgIpc) is 2.53. The molecule has 4 heteroatoms. The maximum Gasteiger partial charge on any atom is 0.180 e. The molecule has 0 atom stereocenters. The number of unbranched alkanes of at least 4 members (excludes halogenated alkanes) is 6. The fourth-order valence-corrected chi connectivity index (χ4v) is 3.55. The van der Waals surface area contributed by atoms with Crippen molar-refractivity contribution in [2.45, 2.75) is 82.3 Å². The Bertz CT molecular complexity index is 571. The van der Waals surface area contributed by atoms with Crippen molar-refractivity contribution in [2.24, 2.45) is 0 Å². The summed E-state index contributed by atoms with van der Waals surface area (Å²) in [5.41, 5.74) is 0.610. The van der Waals surface area contributed by atoms with E-state index in [0.29, 0.717) is 16.9 Å². The van der Waals surface area contributed by atoms with E-state index in [9.17, 15) is 13.2 Å². The summed E-state index contributed by atoms with van der Waals surface area (Å²) in [6.07, 6.45) is 8.83. The van der Waals surface area contributed by atoms with Gasteiger partial charge in [-0.3, -0.25) is 4.79 Å². The van der Waals surface area contributed by atoms with Crippen LogP contribution in [-0.2, 0) is 9.84 Å². The van der Waals surface area contributed by atoms with E-state index < -0.39 is 15.1 Å². The Morgan fingerprint density at radius 3 is 1.96 bits per heavy atom. The maximum atomic E-state index is 12.1. The normalized spacial score (nSPS) is 11.8. The number of ketones is 1. The molecule has 0 heterocycles. The van der Waals surface area contributed by atoms with Crippen molar-refractivity contribution in [3.8, 4) is 0 Å². The van der Waals surface area contributed by atoms with Gasteiger partial charge in [0, 0.05) is 12.0 Å². The van der Waals surface area contributed by atoms with Crippen molar-refractivity contribution < 1.29 is 13.2 Å². The molecule has 23 heavy (non-hydrogen) atoms. The number of benzene rings is 1. The highest BCUT2D eigenvalue weighted by atomic mass is 32.2. The lowest BCUT2D eigenvalue weighted by molar-refractivity contribution is 0.0979. The predicted octanol–water partition coefficient (Wildman–Crippen LogP) is 5.19. The number of carbonyl (C=O) groups excluding carboxylic acids is 1. The predicted molar refractivity (Wildman–Crippen MR) is 95.7 cm³/mol. The van der Waals surface area contributed by atoms with Gasteiger partial charge in [0.2, 0.25) is 0 Å². The molecular weight excluding hydrogens is 308 g/mol. The third-order valence-corrected chi connectivity index (χ3v) is 6.30. The molecule has 1 aromatic rings. The first kappa shape index (κ1) is 19.9. The molecule has 0 amide bonds. The fraction of sp³-hybridized carbons (Fsp3) is 0.632. The molecule has 0 N–H and O–H groups in total. The van der Waals surface area contributed by atoms with Crippen molar-refractivity contribution in [1.82, 2.24) is 0 Å². The van der Waals surface area contributed by atoms with Crippen molar-refractivity contribution in [3.63, 3.8) is 0 Å². The smallest absolute Gasteiger partial charge is 0.180 e. The van der Waals surface area contributed by atoms with Gasteiger partial charge in [0.15, 0.2) is 15.6 Å². The molecule has 130 valence electrons. The molecule has 0 radical (unpaired) electrons. The molecule has 1 aromatic carbocycles. The van der Waals surface area contributed by atoms with Gasteiger partial charge in [0.05, 0.1) is 10.1 Å². The first-order valence-electron chi connectivity index (χ1n) is 8.76. The molecule has 3 nitrogen and oxygen atoms in total. The van der Waals surface area contributed by atoms with E-state index in [0.717, 1.165) is 12.8 Å². The van der Waals surface area contributed by atoms with Gasteiger partial charge in [0.1, 0.15) is 0 Å². The molecule has 0 fully saturated rings. The lowest BCUT2D eigenvalue weighted by Crippen LogP contribution is -2.14. The molecule has 0 aliphatic rings. The standard InChI is InChI=1S/C19H30O3S/c1-4-5-6-7-8-9-10-11-19(20)17-12-14-18(15-13-17)23(21,22)16(2)3/h12-16H,4-11H2,1-3H3. The van der Waals surface area contributed by atoms with Gasteiger partial charge in [-0.15, -0.1) is 0 Å². The summed E-state index contributed by atoms with van der Waals surface area (Å²) < 4.78 is 24.1. The van der Waals surface area contributed by atoms with Crippen LogP contribution in [0.3, 0.4) is 0 Å². The van der Waals surface area contributed by atoms with E-state index in [1.807, 2.05) is 0 Å². The van der Waals surface area contributed by atoms with Crippen molar-refractivity contribution in [3.05, 3.63) is 29.8 Å². The zero-order valence-electron chi connectivity index (χ0n) is 14.7. The van der Waals surface area contributed by atoms with Crippen LogP contribution < -0.4 is 0 Å². The summed E-state index contributed by atoms with van der Waals surface area (Å²) in [5.74, 6) is 0.104. The number of hydrogen-bond acceptors (Lipinski definition) is 3. The minimum atomic E-state index is -3.26. The summed E-state index contributed by atoms with van der Waals surface area (Å²) in [4.78, 5) is 12.4. The molecule has 0 saturated carbocycles. The Balaban J connectivity index is 2.43. The van der Waals surface area contributed by atoms with Crippen LogP contribution in [0.1, 0.15) is 82.5 Å². The monoisotopic (exact) mass is 338 g/mol. The van der Waals surface area contributed by atoms with Crippen LogP contribution in [0.5, 0.6) is 0 Å². The number of carbonyl (C=O) groups is 1. The molecule has 0 unspecified atom stereocenters. The molecule has 0 spiro atoms. The maximum absolute atomic E-state index is 12.1. The highest BCUT2D eigenvalue weighted by Crippen LogP contribution is 2.18. The van der Waals surface area contributed by atoms with Gasteiger partial charge in [-0.25, -0.2) is 8.42 Å². The average molecular weight is 339 g/mol. The van der Waals surface area contributed by atoms with Crippen molar-refractivity contribution in [1.29, 1.82) is 0 Å². The molecule has 0 aromatic heterocycles. The third-order valence-electron chi connectivity index (χ3n) is 4.13. The molecule has 0 bridgehead atoms.